The zero-order valence-corrected chi connectivity index (χ0v) is 12.6. The first kappa shape index (κ1) is 13.7. The Bertz CT molecular complexity index is 657. The highest BCUT2D eigenvalue weighted by Crippen LogP contribution is 2.42. The SMILES string of the molecule is Cc1ccc2c(c1)C(N)CC(c1cc(Cl)ccc1Cl)O2. The third-order valence-corrected chi connectivity index (χ3v) is 4.19. The van der Waals surface area contributed by atoms with Crippen molar-refractivity contribution in [1.82, 2.24) is 0 Å². The van der Waals surface area contributed by atoms with Crippen LogP contribution in [-0.2, 0) is 0 Å². The molecule has 0 saturated heterocycles. The summed E-state index contributed by atoms with van der Waals surface area (Å²) in [5, 5.41) is 1.30. The average Bonchev–Trinajstić information content (AvgIpc) is 2.42. The van der Waals surface area contributed by atoms with Gasteiger partial charge >= 0.3 is 0 Å². The zero-order chi connectivity index (χ0) is 14.3. The van der Waals surface area contributed by atoms with E-state index in [1.807, 2.05) is 25.1 Å². The predicted molar refractivity (Wildman–Crippen MR) is 82.6 cm³/mol. The van der Waals surface area contributed by atoms with E-state index in [1.165, 1.54) is 5.56 Å². The average molecular weight is 308 g/mol. The molecule has 3 rings (SSSR count). The number of aryl methyl sites for hydroxylation is 1. The Kier molecular flexibility index (Phi) is 3.63. The Morgan fingerprint density at radius 3 is 2.70 bits per heavy atom. The molecule has 2 aromatic rings. The molecule has 2 aromatic carbocycles. The molecule has 2 unspecified atom stereocenters. The highest BCUT2D eigenvalue weighted by atomic mass is 35.5. The molecular weight excluding hydrogens is 293 g/mol. The summed E-state index contributed by atoms with van der Waals surface area (Å²) in [5.74, 6) is 0.829. The number of fused-ring (bicyclic) bond motifs is 1. The molecule has 0 aliphatic carbocycles. The van der Waals surface area contributed by atoms with Crippen molar-refractivity contribution in [3.63, 3.8) is 0 Å². The fourth-order valence-electron chi connectivity index (χ4n) is 2.58. The van der Waals surface area contributed by atoms with Crippen LogP contribution in [0.5, 0.6) is 5.75 Å². The van der Waals surface area contributed by atoms with Crippen molar-refractivity contribution in [2.45, 2.75) is 25.5 Å². The highest BCUT2D eigenvalue weighted by molar-refractivity contribution is 6.33. The van der Waals surface area contributed by atoms with Crippen molar-refractivity contribution in [3.8, 4) is 5.75 Å². The lowest BCUT2D eigenvalue weighted by molar-refractivity contribution is 0.161. The van der Waals surface area contributed by atoms with E-state index in [9.17, 15) is 0 Å². The molecule has 0 aromatic heterocycles. The Morgan fingerprint density at radius 2 is 1.90 bits per heavy atom. The predicted octanol–water partition coefficient (Wildman–Crippen LogP) is 4.83. The summed E-state index contributed by atoms with van der Waals surface area (Å²) in [6, 6.07) is 11.4. The molecule has 2 nitrogen and oxygen atoms in total. The normalized spacial score (nSPS) is 21.2. The van der Waals surface area contributed by atoms with E-state index in [0.29, 0.717) is 16.5 Å². The molecule has 0 fully saturated rings. The van der Waals surface area contributed by atoms with E-state index in [1.54, 1.807) is 12.1 Å². The van der Waals surface area contributed by atoms with Crippen molar-refractivity contribution in [3.05, 3.63) is 63.1 Å². The number of benzene rings is 2. The summed E-state index contributed by atoms with van der Waals surface area (Å²) in [4.78, 5) is 0. The van der Waals surface area contributed by atoms with Crippen LogP contribution in [0.1, 0.15) is 35.3 Å². The van der Waals surface area contributed by atoms with Crippen molar-refractivity contribution in [2.24, 2.45) is 5.73 Å². The van der Waals surface area contributed by atoms with Crippen LogP contribution in [-0.4, -0.2) is 0 Å². The highest BCUT2D eigenvalue weighted by Gasteiger charge is 2.28. The maximum atomic E-state index is 6.28. The van der Waals surface area contributed by atoms with E-state index < -0.39 is 0 Å². The van der Waals surface area contributed by atoms with Crippen LogP contribution in [0.25, 0.3) is 0 Å². The third-order valence-electron chi connectivity index (χ3n) is 3.61. The van der Waals surface area contributed by atoms with Crippen LogP contribution in [0.4, 0.5) is 0 Å². The van der Waals surface area contributed by atoms with E-state index in [2.05, 4.69) is 6.07 Å². The van der Waals surface area contributed by atoms with Gasteiger partial charge in [0.1, 0.15) is 11.9 Å². The molecule has 2 N–H and O–H groups in total. The molecule has 104 valence electrons. The maximum absolute atomic E-state index is 6.28. The smallest absolute Gasteiger partial charge is 0.127 e. The van der Waals surface area contributed by atoms with Gasteiger partial charge in [-0.1, -0.05) is 40.9 Å². The summed E-state index contributed by atoms with van der Waals surface area (Å²) in [6.07, 6.45) is 0.530. The second kappa shape index (κ2) is 5.28. The number of ether oxygens (including phenoxy) is 1. The Morgan fingerprint density at radius 1 is 1.10 bits per heavy atom. The summed E-state index contributed by atoms with van der Waals surface area (Å²) < 4.78 is 6.06. The molecule has 0 bridgehead atoms. The lowest BCUT2D eigenvalue weighted by atomic mass is 9.92. The third kappa shape index (κ3) is 2.51. The van der Waals surface area contributed by atoms with Crippen LogP contribution in [0, 0.1) is 6.92 Å². The minimum atomic E-state index is -0.161. The van der Waals surface area contributed by atoms with Crippen LogP contribution in [0.15, 0.2) is 36.4 Å². The molecule has 0 saturated carbocycles. The topological polar surface area (TPSA) is 35.2 Å². The Labute approximate surface area is 128 Å². The number of nitrogens with two attached hydrogens (primary N) is 1. The number of rotatable bonds is 1. The first-order chi connectivity index (χ1) is 9.54. The molecule has 0 radical (unpaired) electrons. The molecule has 0 spiro atoms. The summed E-state index contributed by atoms with van der Waals surface area (Å²) >= 11 is 12.3. The maximum Gasteiger partial charge on any atom is 0.127 e. The number of hydrogen-bond donors (Lipinski definition) is 1. The van der Waals surface area contributed by atoms with Crippen LogP contribution >= 0.6 is 23.2 Å². The number of halogens is 2. The largest absolute Gasteiger partial charge is 0.485 e. The van der Waals surface area contributed by atoms with E-state index >= 15 is 0 Å². The molecular formula is C16H15Cl2NO. The quantitative estimate of drug-likeness (QED) is 0.819. The fraction of sp³-hybridized carbons (Fsp3) is 0.250. The van der Waals surface area contributed by atoms with Gasteiger partial charge in [0.05, 0.1) is 0 Å². The van der Waals surface area contributed by atoms with Crippen LogP contribution in [0.3, 0.4) is 0 Å². The van der Waals surface area contributed by atoms with E-state index in [4.69, 9.17) is 33.7 Å². The molecule has 1 aliphatic rings. The molecule has 2 atom stereocenters. The van der Waals surface area contributed by atoms with Gasteiger partial charge in [0, 0.05) is 33.6 Å². The molecule has 1 aliphatic heterocycles. The Balaban J connectivity index is 1.99. The van der Waals surface area contributed by atoms with Gasteiger partial charge in [0.15, 0.2) is 0 Å². The van der Waals surface area contributed by atoms with Crippen molar-refractivity contribution in [1.29, 1.82) is 0 Å². The summed E-state index contributed by atoms with van der Waals surface area (Å²) in [6.45, 7) is 2.05. The monoisotopic (exact) mass is 307 g/mol. The molecule has 20 heavy (non-hydrogen) atoms. The van der Waals surface area contributed by atoms with Gasteiger partial charge in [-0.05, 0) is 31.2 Å². The Hall–Kier alpha value is -1.22. The van der Waals surface area contributed by atoms with Crippen molar-refractivity contribution in [2.75, 3.05) is 0 Å². The van der Waals surface area contributed by atoms with Crippen LogP contribution < -0.4 is 10.5 Å². The van der Waals surface area contributed by atoms with Gasteiger partial charge in [-0.25, -0.2) is 0 Å². The van der Waals surface area contributed by atoms with E-state index in [0.717, 1.165) is 16.9 Å². The zero-order valence-electron chi connectivity index (χ0n) is 11.1. The standard InChI is InChI=1S/C16H15Cl2NO/c1-9-2-5-15-12(6-9)14(19)8-16(20-15)11-7-10(17)3-4-13(11)18/h2-7,14,16H,8,19H2,1H3. The second-order valence-corrected chi connectivity index (χ2v) is 6.00. The molecule has 0 amide bonds. The second-order valence-electron chi connectivity index (χ2n) is 5.16. The van der Waals surface area contributed by atoms with Crippen LogP contribution in [0.2, 0.25) is 10.0 Å². The first-order valence-corrected chi connectivity index (χ1v) is 7.28. The van der Waals surface area contributed by atoms with Crippen molar-refractivity contribution < 1.29 is 4.74 Å². The summed E-state index contributed by atoms with van der Waals surface area (Å²) in [5.41, 5.74) is 9.40. The molecule has 4 heteroatoms. The minimum absolute atomic E-state index is 0.0568. The van der Waals surface area contributed by atoms with Gasteiger partial charge in [0.25, 0.3) is 0 Å². The van der Waals surface area contributed by atoms with Gasteiger partial charge in [0.2, 0.25) is 0 Å². The fourth-order valence-corrected chi connectivity index (χ4v) is 3.00. The van der Waals surface area contributed by atoms with Gasteiger partial charge in [-0.15, -0.1) is 0 Å². The molecule has 1 heterocycles. The van der Waals surface area contributed by atoms with Gasteiger partial charge in [-0.2, -0.15) is 0 Å². The van der Waals surface area contributed by atoms with Gasteiger partial charge < -0.3 is 10.5 Å². The minimum Gasteiger partial charge on any atom is -0.485 e. The summed E-state index contributed by atoms with van der Waals surface area (Å²) in [7, 11) is 0. The lowest BCUT2D eigenvalue weighted by Gasteiger charge is -2.31. The van der Waals surface area contributed by atoms with E-state index in [-0.39, 0.29) is 12.1 Å². The lowest BCUT2D eigenvalue weighted by Crippen LogP contribution is -2.24. The number of hydrogen-bond acceptors (Lipinski definition) is 2. The van der Waals surface area contributed by atoms with Crippen molar-refractivity contribution >= 4 is 23.2 Å². The van der Waals surface area contributed by atoms with Gasteiger partial charge in [-0.3, -0.25) is 0 Å². The first-order valence-electron chi connectivity index (χ1n) is 6.52.